The molecule has 5 aromatic rings. The maximum absolute atomic E-state index is 13.4. The molecule has 7 rings (SSSR count). The Hall–Kier alpha value is -4.85. The van der Waals surface area contributed by atoms with Crippen LogP contribution >= 0.6 is 23.2 Å². The number of halogens is 2. The number of aliphatic hydroxyl groups is 1. The van der Waals surface area contributed by atoms with Gasteiger partial charge in [-0.3, -0.25) is 23.7 Å². The number of carboxylic acids is 1. The van der Waals surface area contributed by atoms with Gasteiger partial charge >= 0.3 is 5.97 Å². The molecule has 2 saturated heterocycles. The second kappa shape index (κ2) is 15.0. The first-order valence-electron chi connectivity index (χ1n) is 16.9. The van der Waals surface area contributed by atoms with Gasteiger partial charge in [0.05, 0.1) is 34.5 Å². The molecule has 12 nitrogen and oxygen atoms in total. The summed E-state index contributed by atoms with van der Waals surface area (Å²) in [4.78, 5) is 47.4. The lowest BCUT2D eigenvalue weighted by molar-refractivity contribution is -0.142. The summed E-state index contributed by atoms with van der Waals surface area (Å²) in [6.07, 6.45) is 3.79. The Morgan fingerprint density at radius 1 is 1.02 bits per heavy atom. The molecule has 2 fully saturated rings. The van der Waals surface area contributed by atoms with Crippen LogP contribution in [0.2, 0.25) is 10.0 Å². The number of pyridine rings is 2. The minimum Gasteiger partial charge on any atom is -0.481 e. The Kier molecular flexibility index (Phi) is 10.3. The van der Waals surface area contributed by atoms with E-state index in [-0.39, 0.29) is 37.0 Å². The third-order valence-corrected chi connectivity index (χ3v) is 10.4. The van der Waals surface area contributed by atoms with Gasteiger partial charge in [0.2, 0.25) is 11.8 Å². The maximum Gasteiger partial charge on any atom is 0.321 e. The number of carboxylic acid groups (broad SMARTS) is 1. The van der Waals surface area contributed by atoms with E-state index in [4.69, 9.17) is 32.9 Å². The number of hydrogen-bond donors (Lipinski definition) is 4. The number of rotatable bonds is 11. The molecule has 268 valence electrons. The van der Waals surface area contributed by atoms with Gasteiger partial charge in [-0.05, 0) is 30.2 Å². The number of β-amino-alcohol motifs (C(OH)–C–C–N with tert-alkyl or cyclic N) is 1. The van der Waals surface area contributed by atoms with E-state index >= 15 is 0 Å². The molecule has 3 aromatic heterocycles. The highest BCUT2D eigenvalue weighted by molar-refractivity contribution is 6.39. The zero-order valence-corrected chi connectivity index (χ0v) is 29.7. The molecule has 14 heteroatoms. The average molecular weight is 744 g/mol. The minimum atomic E-state index is -1.04. The number of hydrogen-bond acceptors (Lipinski definition) is 9. The molecule has 1 unspecified atom stereocenters. The van der Waals surface area contributed by atoms with Gasteiger partial charge in [0.25, 0.3) is 5.56 Å². The van der Waals surface area contributed by atoms with Crippen LogP contribution in [-0.2, 0) is 22.7 Å². The molecular weight excluding hydrogens is 707 g/mol. The Morgan fingerprint density at radius 2 is 1.75 bits per heavy atom. The van der Waals surface area contributed by atoms with Crippen LogP contribution in [0.15, 0.2) is 77.9 Å². The number of nitrogens with one attached hydrogen (secondary N) is 2. The van der Waals surface area contributed by atoms with Crippen LogP contribution in [-0.4, -0.2) is 79.7 Å². The lowest BCUT2D eigenvalue weighted by Gasteiger charge is -2.20. The molecule has 52 heavy (non-hydrogen) atoms. The highest BCUT2D eigenvalue weighted by atomic mass is 35.5. The summed E-state index contributed by atoms with van der Waals surface area (Å²) in [5.41, 5.74) is 5.48. The molecular formula is C38H36Cl2N6O6. The Labute approximate surface area is 309 Å². The number of aromatic nitrogens is 3. The summed E-state index contributed by atoms with van der Waals surface area (Å²) in [7, 11) is 1.57. The van der Waals surface area contributed by atoms with Gasteiger partial charge in [-0.1, -0.05) is 65.7 Å². The first kappa shape index (κ1) is 35.5. The van der Waals surface area contributed by atoms with Crippen molar-refractivity contribution in [1.82, 2.24) is 29.9 Å². The molecule has 1 amide bonds. The predicted molar refractivity (Wildman–Crippen MR) is 197 cm³/mol. The van der Waals surface area contributed by atoms with Crippen LogP contribution in [0.25, 0.3) is 39.2 Å². The molecule has 0 radical (unpaired) electrons. The molecule has 0 aliphatic carbocycles. The van der Waals surface area contributed by atoms with Crippen LogP contribution < -0.4 is 20.9 Å². The molecule has 2 aliphatic heterocycles. The summed E-state index contributed by atoms with van der Waals surface area (Å²) in [6.45, 7) is 1.40. The average Bonchev–Trinajstić information content (AvgIpc) is 3.73. The number of likely N-dealkylation sites (tertiary alicyclic amines) is 1. The van der Waals surface area contributed by atoms with E-state index in [1.165, 1.54) is 10.6 Å². The topological polar surface area (TPSA) is 158 Å². The number of aliphatic hydroxyl groups excluding tert-OH is 1. The predicted octanol–water partition coefficient (Wildman–Crippen LogP) is 4.79. The molecule has 3 atom stereocenters. The highest BCUT2D eigenvalue weighted by Gasteiger charge is 2.36. The quantitative estimate of drug-likeness (QED) is 0.148. The summed E-state index contributed by atoms with van der Waals surface area (Å²) in [5, 5.41) is 26.8. The normalized spacial score (nSPS) is 18.9. The van der Waals surface area contributed by atoms with Crippen molar-refractivity contribution < 1.29 is 24.5 Å². The minimum absolute atomic E-state index is 0.0598. The first-order valence-corrected chi connectivity index (χ1v) is 17.6. The van der Waals surface area contributed by atoms with E-state index in [9.17, 15) is 24.6 Å². The van der Waals surface area contributed by atoms with Crippen molar-refractivity contribution in [1.29, 1.82) is 0 Å². The van der Waals surface area contributed by atoms with Gasteiger partial charge in [0.15, 0.2) is 0 Å². The largest absolute Gasteiger partial charge is 0.481 e. The van der Waals surface area contributed by atoms with E-state index in [0.717, 1.165) is 17.5 Å². The summed E-state index contributed by atoms with van der Waals surface area (Å²) < 4.78 is 7.05. The van der Waals surface area contributed by atoms with E-state index in [0.29, 0.717) is 74.6 Å². The van der Waals surface area contributed by atoms with Crippen LogP contribution in [0, 0.1) is 0 Å². The zero-order valence-electron chi connectivity index (χ0n) is 28.2. The monoisotopic (exact) mass is 742 g/mol. The van der Waals surface area contributed by atoms with Gasteiger partial charge < -0.3 is 25.6 Å². The van der Waals surface area contributed by atoms with Gasteiger partial charge in [-0.15, -0.1) is 0 Å². The van der Waals surface area contributed by atoms with E-state index in [1.54, 1.807) is 30.3 Å². The third-order valence-electron chi connectivity index (χ3n) is 9.62. The fraction of sp³-hybridized carbons (Fsp3) is 0.289. The Balaban J connectivity index is 1.14. The number of ether oxygens (including phenoxy) is 1. The van der Waals surface area contributed by atoms with E-state index in [2.05, 4.69) is 15.6 Å². The van der Waals surface area contributed by atoms with Gasteiger partial charge in [0.1, 0.15) is 11.7 Å². The summed E-state index contributed by atoms with van der Waals surface area (Å²) >= 11 is 14.2. The van der Waals surface area contributed by atoms with Crippen molar-refractivity contribution in [2.75, 3.05) is 20.2 Å². The number of benzene rings is 2. The van der Waals surface area contributed by atoms with Crippen molar-refractivity contribution in [2.24, 2.45) is 0 Å². The van der Waals surface area contributed by atoms with Crippen molar-refractivity contribution in [2.45, 2.75) is 50.5 Å². The highest BCUT2D eigenvalue weighted by Crippen LogP contribution is 2.42. The fourth-order valence-electron chi connectivity index (χ4n) is 6.96. The number of methoxy groups -OCH3 is 1. The molecule has 0 bridgehead atoms. The Bertz CT molecular complexity index is 2250. The summed E-state index contributed by atoms with van der Waals surface area (Å²) in [6, 6.07) is 18.0. The van der Waals surface area contributed by atoms with Gasteiger partial charge in [0, 0.05) is 85.3 Å². The number of aliphatic carboxylic acids is 1. The summed E-state index contributed by atoms with van der Waals surface area (Å²) in [5.74, 6) is -0.485. The molecule has 5 heterocycles. The first-order chi connectivity index (χ1) is 25.1. The number of carbonyl (C=O) groups is 2. The second-order valence-corrected chi connectivity index (χ2v) is 13.8. The SMILES string of the molecule is COc1nc(-c2cccc(-c3cccc(-c4ccn5c(=O)c(CN6C[C@H](O)C[C@H]6C(=O)O)cnc5c4)c3Cl)c2Cl)ccc1CNCC1CCC(=O)N1. The number of fused-ring (bicyclic) bond motifs is 1. The van der Waals surface area contributed by atoms with Crippen molar-refractivity contribution in [3.8, 4) is 39.4 Å². The van der Waals surface area contributed by atoms with Crippen LogP contribution in [0.3, 0.4) is 0 Å². The molecule has 0 saturated carbocycles. The van der Waals surface area contributed by atoms with Crippen LogP contribution in [0.5, 0.6) is 5.88 Å². The zero-order chi connectivity index (χ0) is 36.5. The molecule has 4 N–H and O–H groups in total. The van der Waals surface area contributed by atoms with Crippen LogP contribution in [0.1, 0.15) is 30.4 Å². The van der Waals surface area contributed by atoms with Gasteiger partial charge in [-0.2, -0.15) is 0 Å². The standard InChI is InChI=1S/C38H36Cl2N6O6/c1-52-36-22(16-41-18-24-9-11-33(48)43-24)8-10-30(44-36)29-7-3-6-28(35(29)40)27-5-2-4-26(34(27)39)21-12-13-46-32(14-21)42-17-23(37(46)49)19-45-20-25(47)15-31(45)38(50)51/h2-8,10,12-14,17,24-25,31,41,47H,9,11,15-16,18-20H2,1H3,(H,43,48)(H,50,51)/t24?,25-,31+/m1/s1. The Morgan fingerprint density at radius 3 is 2.46 bits per heavy atom. The van der Waals surface area contributed by atoms with Crippen molar-refractivity contribution in [3.63, 3.8) is 0 Å². The van der Waals surface area contributed by atoms with Crippen molar-refractivity contribution in [3.05, 3.63) is 105 Å². The molecule has 2 aromatic carbocycles. The lowest BCUT2D eigenvalue weighted by atomic mass is 9.97. The second-order valence-electron chi connectivity index (χ2n) is 13.0. The van der Waals surface area contributed by atoms with Crippen molar-refractivity contribution >= 4 is 40.7 Å². The van der Waals surface area contributed by atoms with E-state index in [1.807, 2.05) is 48.5 Å². The number of amides is 1. The smallest absolute Gasteiger partial charge is 0.321 e. The number of carbonyl (C=O) groups excluding carboxylic acids is 1. The maximum atomic E-state index is 13.4. The van der Waals surface area contributed by atoms with Crippen LogP contribution in [0.4, 0.5) is 0 Å². The van der Waals surface area contributed by atoms with E-state index < -0.39 is 18.1 Å². The number of nitrogens with zero attached hydrogens (tertiary/aromatic N) is 4. The fourth-order valence-corrected chi connectivity index (χ4v) is 7.62. The molecule has 2 aliphatic rings. The molecule has 0 spiro atoms. The third kappa shape index (κ3) is 7.12. The lowest BCUT2D eigenvalue weighted by Crippen LogP contribution is -2.37. The van der Waals surface area contributed by atoms with Gasteiger partial charge in [-0.25, -0.2) is 9.97 Å².